The molecule has 190 valence electrons. The number of carbonyl (C=O) groups excluding carboxylic acids is 3. The highest BCUT2D eigenvalue weighted by molar-refractivity contribution is 6.22. The Morgan fingerprint density at radius 2 is 1.72 bits per heavy atom. The lowest BCUT2D eigenvalue weighted by molar-refractivity contribution is -0.138. The van der Waals surface area contributed by atoms with Crippen molar-refractivity contribution in [1.29, 1.82) is 0 Å². The van der Waals surface area contributed by atoms with E-state index in [0.29, 0.717) is 23.1 Å². The second kappa shape index (κ2) is 9.94. The third-order valence-corrected chi connectivity index (χ3v) is 6.20. The van der Waals surface area contributed by atoms with Gasteiger partial charge in [0.05, 0.1) is 12.9 Å². The monoisotopic (exact) mass is 499 g/mol. The number of imidazole rings is 1. The number of urea groups is 1. The minimum absolute atomic E-state index is 0.218. The molecule has 0 saturated carbocycles. The molecular weight excluding hydrogens is 474 g/mol. The van der Waals surface area contributed by atoms with E-state index in [1.165, 1.54) is 17.2 Å². The Bertz CT molecular complexity index is 1260. The van der Waals surface area contributed by atoms with Crippen LogP contribution in [0, 0.1) is 0 Å². The maximum absolute atomic E-state index is 12.0. The topological polar surface area (TPSA) is 215 Å². The molecule has 1 aromatic carbocycles. The van der Waals surface area contributed by atoms with E-state index in [-0.39, 0.29) is 5.82 Å². The van der Waals surface area contributed by atoms with Crippen molar-refractivity contribution in [2.24, 2.45) is 0 Å². The van der Waals surface area contributed by atoms with Gasteiger partial charge in [0.2, 0.25) is 11.8 Å². The van der Waals surface area contributed by atoms with Crippen molar-refractivity contribution in [3.8, 4) is 0 Å². The van der Waals surface area contributed by atoms with Gasteiger partial charge in [-0.3, -0.25) is 24.8 Å². The number of imide groups is 2. The number of rotatable bonds is 4. The highest BCUT2D eigenvalue weighted by Gasteiger charge is 2.50. The molecule has 0 aliphatic carbocycles. The summed E-state index contributed by atoms with van der Waals surface area (Å²) in [5, 5.41) is 33.0. The third-order valence-electron chi connectivity index (χ3n) is 6.20. The Morgan fingerprint density at radius 3 is 2.31 bits per heavy atom. The van der Waals surface area contributed by atoms with Gasteiger partial charge < -0.3 is 25.8 Å². The number of hydrogen-bond donors (Lipinski definition) is 6. The molecule has 3 aromatic rings. The van der Waals surface area contributed by atoms with E-state index in [2.05, 4.69) is 25.6 Å². The molecular formula is C22H25N7O7. The van der Waals surface area contributed by atoms with Crippen LogP contribution >= 0.6 is 0 Å². The van der Waals surface area contributed by atoms with E-state index in [0.717, 1.165) is 0 Å². The number of amides is 4. The van der Waals surface area contributed by atoms with Crippen molar-refractivity contribution in [1.82, 2.24) is 30.2 Å². The first-order valence-electron chi connectivity index (χ1n) is 11.0. The number of carbonyl (C=O) groups is 3. The van der Waals surface area contributed by atoms with E-state index in [1.807, 2.05) is 0 Å². The van der Waals surface area contributed by atoms with Crippen LogP contribution in [-0.2, 0) is 19.7 Å². The quantitative estimate of drug-likeness (QED) is 0.232. The number of aromatic nitrogens is 4. The summed E-state index contributed by atoms with van der Waals surface area (Å²) in [6, 6.07) is 7.96. The van der Waals surface area contributed by atoms with Gasteiger partial charge in [-0.05, 0) is 12.0 Å². The smallest absolute Gasteiger partial charge is 0.328 e. The first-order valence-corrected chi connectivity index (χ1v) is 11.0. The molecule has 4 atom stereocenters. The highest BCUT2D eigenvalue weighted by atomic mass is 16.6. The second-order valence-electron chi connectivity index (χ2n) is 8.17. The summed E-state index contributed by atoms with van der Waals surface area (Å²) in [5.41, 5.74) is 5.72. The maximum Gasteiger partial charge on any atom is 0.328 e. The molecule has 2 aliphatic rings. The Kier molecular flexibility index (Phi) is 6.94. The summed E-state index contributed by atoms with van der Waals surface area (Å²) < 4.78 is 6.85. The number of aliphatic hydroxyl groups is 3. The van der Waals surface area contributed by atoms with Crippen LogP contribution in [0.2, 0.25) is 0 Å². The summed E-state index contributed by atoms with van der Waals surface area (Å²) in [5.74, 6) is -0.921. The first-order chi connectivity index (χ1) is 17.2. The maximum atomic E-state index is 12.0. The van der Waals surface area contributed by atoms with E-state index < -0.39 is 54.4 Å². The highest BCUT2D eigenvalue weighted by Crippen LogP contribution is 2.32. The molecule has 4 amide bonds. The summed E-state index contributed by atoms with van der Waals surface area (Å²) in [7, 11) is 0. The Balaban J connectivity index is 0.000000170. The van der Waals surface area contributed by atoms with Crippen LogP contribution in [0.3, 0.4) is 0 Å². The van der Waals surface area contributed by atoms with Crippen LogP contribution in [0.25, 0.3) is 11.2 Å². The zero-order chi connectivity index (χ0) is 26.0. The molecule has 4 heterocycles. The number of nitrogens with one attached hydrogen (secondary N) is 2. The van der Waals surface area contributed by atoms with E-state index in [4.69, 9.17) is 15.6 Å². The average molecular weight is 499 g/mol. The van der Waals surface area contributed by atoms with Crippen molar-refractivity contribution < 1.29 is 34.4 Å². The molecule has 0 unspecified atom stereocenters. The van der Waals surface area contributed by atoms with Crippen molar-refractivity contribution >= 4 is 34.8 Å². The molecule has 0 radical (unpaired) electrons. The number of nitrogen functional groups attached to an aromatic ring is 1. The molecule has 2 aliphatic heterocycles. The zero-order valence-corrected chi connectivity index (χ0v) is 19.1. The number of hydrogen-bond acceptors (Lipinski definition) is 11. The van der Waals surface area contributed by atoms with Gasteiger partial charge in [0.1, 0.15) is 30.2 Å². The van der Waals surface area contributed by atoms with E-state index in [9.17, 15) is 24.6 Å². The first kappa shape index (κ1) is 25.1. The number of aliphatic hydroxyl groups excluding tert-OH is 3. The summed E-state index contributed by atoms with van der Waals surface area (Å²) >= 11 is 0. The lowest BCUT2D eigenvalue weighted by atomic mass is 9.75. The Labute approximate surface area is 204 Å². The molecule has 14 nitrogen and oxygen atoms in total. The van der Waals surface area contributed by atoms with Gasteiger partial charge in [-0.2, -0.15) is 0 Å². The lowest BCUT2D eigenvalue weighted by Crippen LogP contribution is -2.64. The van der Waals surface area contributed by atoms with Gasteiger partial charge in [0.15, 0.2) is 23.1 Å². The predicted molar refractivity (Wildman–Crippen MR) is 123 cm³/mol. The number of fused-ring (bicyclic) bond motifs is 1. The molecule has 2 fully saturated rings. The van der Waals surface area contributed by atoms with Gasteiger partial charge in [0, 0.05) is 0 Å². The van der Waals surface area contributed by atoms with Gasteiger partial charge in [-0.15, -0.1) is 0 Å². The van der Waals surface area contributed by atoms with Gasteiger partial charge >= 0.3 is 6.03 Å². The normalized spacial score (nSPS) is 25.2. The molecule has 7 N–H and O–H groups in total. The molecule has 2 saturated heterocycles. The molecule has 0 spiro atoms. The van der Waals surface area contributed by atoms with Gasteiger partial charge in [0.25, 0.3) is 0 Å². The fourth-order valence-corrected chi connectivity index (χ4v) is 4.23. The SMILES string of the molecule is CCC1(c2ccccc2)C(=O)NC(=O)NC1=O.Nc1ncnc2c1ncn2[C@@H]1O[C@H](CO)[C@@H](O)[C@H]1O. The second-order valence-corrected chi connectivity index (χ2v) is 8.17. The number of nitrogens with zero attached hydrogens (tertiary/aromatic N) is 4. The van der Waals surface area contributed by atoms with Crippen molar-refractivity contribution in [3.05, 3.63) is 48.5 Å². The third kappa shape index (κ3) is 4.15. The van der Waals surface area contributed by atoms with Crippen LogP contribution in [0.4, 0.5) is 10.6 Å². The number of nitrogens with two attached hydrogens (primary N) is 1. The minimum Gasteiger partial charge on any atom is -0.394 e. The van der Waals surface area contributed by atoms with Crippen LogP contribution in [0.15, 0.2) is 43.0 Å². The fraction of sp³-hybridized carbons (Fsp3) is 0.364. The molecule has 0 bridgehead atoms. The minimum atomic E-state index is -1.31. The lowest BCUT2D eigenvalue weighted by Gasteiger charge is -2.33. The standard InChI is InChI=1S/C12H12N2O3.C10H13N5O4/c1-2-12(8-6-4-3-5-7-8)9(15)13-11(17)14-10(12)16;11-8-5-9(13-2-12-8)15(3-14-5)10-7(18)6(17)4(1-16)19-10/h3-7H,2H2,1H3,(H2,13,14,15,16,17);2-4,6-7,10,16-18H,1H2,(H2,11,12,13)/t;4-,6-,7-,10-/m.1/s1. The van der Waals surface area contributed by atoms with Crippen molar-refractivity contribution in [3.63, 3.8) is 0 Å². The van der Waals surface area contributed by atoms with Crippen molar-refractivity contribution in [2.45, 2.75) is 43.3 Å². The number of barbiturate groups is 1. The summed E-state index contributed by atoms with van der Waals surface area (Å²) in [4.78, 5) is 46.9. The molecule has 14 heteroatoms. The van der Waals surface area contributed by atoms with Crippen LogP contribution in [0.5, 0.6) is 0 Å². The molecule has 36 heavy (non-hydrogen) atoms. The van der Waals surface area contributed by atoms with Crippen molar-refractivity contribution in [2.75, 3.05) is 12.3 Å². The summed E-state index contributed by atoms with van der Waals surface area (Å²) in [6.45, 7) is 1.35. The Morgan fingerprint density at radius 1 is 1.06 bits per heavy atom. The fourth-order valence-electron chi connectivity index (χ4n) is 4.23. The van der Waals surface area contributed by atoms with E-state index in [1.54, 1.807) is 37.3 Å². The number of benzene rings is 1. The predicted octanol–water partition coefficient (Wildman–Crippen LogP) is -1.28. The zero-order valence-electron chi connectivity index (χ0n) is 19.1. The number of ether oxygens (including phenoxy) is 1. The summed E-state index contributed by atoms with van der Waals surface area (Å²) in [6.07, 6.45) is -1.13. The van der Waals surface area contributed by atoms with Gasteiger partial charge in [-0.25, -0.2) is 19.7 Å². The number of anilines is 1. The van der Waals surface area contributed by atoms with Gasteiger partial charge in [-0.1, -0.05) is 37.3 Å². The largest absolute Gasteiger partial charge is 0.394 e. The van der Waals surface area contributed by atoms with Crippen LogP contribution in [-0.4, -0.2) is 77.6 Å². The molecule has 5 rings (SSSR count). The average Bonchev–Trinajstić information content (AvgIpc) is 3.42. The Hall–Kier alpha value is -3.98. The van der Waals surface area contributed by atoms with E-state index >= 15 is 0 Å². The van der Waals surface area contributed by atoms with Crippen LogP contribution < -0.4 is 16.4 Å². The molecule has 2 aromatic heterocycles. The van der Waals surface area contributed by atoms with Crippen LogP contribution in [0.1, 0.15) is 25.1 Å².